The standard InChI is InChI=1S/C38H29N5S/c1-3-12-24(13-4-1)36-40-37(25-14-5-2-6-15-25)42-38(41-36)30-18-11-21-33(39-30)43-31-19-9-7-16-26(31)28-22-23-29-27-17-8-10-20-32(27)44-35(29)34(28)43/h1-23,30,36,38-39,41H,(H,40,42). The van der Waals surface area contributed by atoms with E-state index in [1.165, 1.54) is 42.0 Å². The number of hydrogen-bond acceptors (Lipinski definition) is 5. The van der Waals surface area contributed by atoms with Crippen LogP contribution in [0.25, 0.3) is 47.8 Å². The van der Waals surface area contributed by atoms with Gasteiger partial charge >= 0.3 is 0 Å². The van der Waals surface area contributed by atoms with Gasteiger partial charge in [0.15, 0.2) is 0 Å². The van der Waals surface area contributed by atoms with E-state index in [1.54, 1.807) is 0 Å². The second-order valence-electron chi connectivity index (χ2n) is 11.3. The number of nitrogens with one attached hydrogen (secondary N) is 3. The van der Waals surface area contributed by atoms with E-state index in [0.29, 0.717) is 0 Å². The molecular formula is C38H29N5S. The van der Waals surface area contributed by atoms with Crippen LogP contribution in [0.3, 0.4) is 0 Å². The van der Waals surface area contributed by atoms with Gasteiger partial charge in [0.2, 0.25) is 0 Å². The van der Waals surface area contributed by atoms with Crippen LogP contribution in [0.1, 0.15) is 17.3 Å². The maximum atomic E-state index is 5.10. The number of dihydropyridines is 1. The van der Waals surface area contributed by atoms with Crippen LogP contribution in [0.15, 0.2) is 145 Å². The fourth-order valence-electron chi connectivity index (χ4n) is 6.66. The molecule has 0 fully saturated rings. The molecule has 44 heavy (non-hydrogen) atoms. The van der Waals surface area contributed by atoms with Crippen LogP contribution in [-0.4, -0.2) is 22.6 Å². The Morgan fingerprint density at radius 1 is 0.659 bits per heavy atom. The van der Waals surface area contributed by atoms with Gasteiger partial charge in [-0.25, -0.2) is 4.99 Å². The van der Waals surface area contributed by atoms with E-state index in [9.17, 15) is 0 Å². The van der Waals surface area contributed by atoms with Gasteiger partial charge in [-0.05, 0) is 23.8 Å². The monoisotopic (exact) mass is 587 g/mol. The molecule has 0 spiro atoms. The summed E-state index contributed by atoms with van der Waals surface area (Å²) >= 11 is 1.87. The fraction of sp³-hybridized carbons (Fsp3) is 0.0789. The van der Waals surface area contributed by atoms with Gasteiger partial charge < -0.3 is 10.6 Å². The van der Waals surface area contributed by atoms with Gasteiger partial charge in [0.25, 0.3) is 0 Å². The van der Waals surface area contributed by atoms with Crippen LogP contribution in [-0.2, 0) is 0 Å². The molecule has 6 heteroatoms. The third-order valence-electron chi connectivity index (χ3n) is 8.72. The number of aliphatic imine (C=N–C) groups is 1. The van der Waals surface area contributed by atoms with E-state index in [4.69, 9.17) is 4.99 Å². The number of amidine groups is 1. The van der Waals surface area contributed by atoms with E-state index in [1.807, 2.05) is 23.5 Å². The molecule has 0 bridgehead atoms. The zero-order valence-corrected chi connectivity index (χ0v) is 24.6. The normalized spacial score (nSPS) is 20.0. The predicted molar refractivity (Wildman–Crippen MR) is 185 cm³/mol. The minimum atomic E-state index is -0.173. The van der Waals surface area contributed by atoms with Crippen molar-refractivity contribution in [2.24, 2.45) is 4.99 Å². The number of para-hydroxylation sites is 1. The fourth-order valence-corrected chi connectivity index (χ4v) is 7.90. The molecule has 3 N–H and O–H groups in total. The van der Waals surface area contributed by atoms with Crippen LogP contribution in [0.4, 0.5) is 0 Å². The molecule has 0 saturated heterocycles. The lowest BCUT2D eigenvalue weighted by molar-refractivity contribution is 0.354. The zero-order chi connectivity index (χ0) is 29.0. The second kappa shape index (κ2) is 10.2. The summed E-state index contributed by atoms with van der Waals surface area (Å²) in [7, 11) is 0. The molecule has 0 saturated carbocycles. The van der Waals surface area contributed by atoms with Crippen molar-refractivity contribution in [3.63, 3.8) is 0 Å². The minimum absolute atomic E-state index is 0.0340. The average molecular weight is 588 g/mol. The summed E-state index contributed by atoms with van der Waals surface area (Å²) < 4.78 is 5.04. The third-order valence-corrected chi connectivity index (χ3v) is 9.91. The summed E-state index contributed by atoms with van der Waals surface area (Å²) in [5.74, 6) is 1.94. The molecule has 3 atom stereocenters. The first-order valence-corrected chi connectivity index (χ1v) is 15.8. The van der Waals surface area contributed by atoms with Gasteiger partial charge in [-0.15, -0.1) is 11.3 Å². The van der Waals surface area contributed by atoms with E-state index >= 15 is 0 Å². The first-order valence-electron chi connectivity index (χ1n) is 15.0. The first-order chi connectivity index (χ1) is 21.8. The van der Waals surface area contributed by atoms with Gasteiger partial charge in [-0.2, -0.15) is 0 Å². The van der Waals surface area contributed by atoms with Crippen molar-refractivity contribution in [1.82, 2.24) is 20.5 Å². The number of hydrogen-bond donors (Lipinski definition) is 3. The van der Waals surface area contributed by atoms with Crippen LogP contribution in [0.5, 0.6) is 0 Å². The molecule has 4 heterocycles. The summed E-state index contributed by atoms with van der Waals surface area (Å²) in [4.78, 5) is 5.10. The second-order valence-corrected chi connectivity index (χ2v) is 12.4. The third kappa shape index (κ3) is 4.07. The smallest absolute Gasteiger partial charge is 0.131 e. The minimum Gasteiger partial charge on any atom is -0.361 e. The number of nitrogens with zero attached hydrogens (tertiary/aromatic N) is 2. The molecule has 0 radical (unpaired) electrons. The average Bonchev–Trinajstić information content (AvgIpc) is 3.65. The van der Waals surface area contributed by atoms with Crippen molar-refractivity contribution >= 4 is 65.0 Å². The maximum Gasteiger partial charge on any atom is 0.131 e. The highest BCUT2D eigenvalue weighted by atomic mass is 32.1. The molecule has 0 amide bonds. The molecular weight excluding hydrogens is 559 g/mol. The van der Waals surface area contributed by atoms with E-state index in [2.05, 4.69) is 148 Å². The van der Waals surface area contributed by atoms with Gasteiger partial charge in [0.05, 0.1) is 21.8 Å². The van der Waals surface area contributed by atoms with Crippen LogP contribution < -0.4 is 16.0 Å². The first kappa shape index (κ1) is 25.3. The van der Waals surface area contributed by atoms with Crippen LogP contribution in [0, 0.1) is 0 Å². The van der Waals surface area contributed by atoms with Gasteiger partial charge in [0.1, 0.15) is 24.0 Å². The molecule has 212 valence electrons. The summed E-state index contributed by atoms with van der Waals surface area (Å²) in [6, 6.07) is 42.9. The Morgan fingerprint density at radius 3 is 2.25 bits per heavy atom. The quantitative estimate of drug-likeness (QED) is 0.195. The highest BCUT2D eigenvalue weighted by Crippen LogP contribution is 2.42. The summed E-state index contributed by atoms with van der Waals surface area (Å²) in [5, 5.41) is 16.5. The maximum absolute atomic E-state index is 5.10. The number of fused-ring (bicyclic) bond motifs is 7. The molecule has 5 nitrogen and oxygen atoms in total. The number of rotatable bonds is 4. The Morgan fingerprint density at radius 2 is 1.39 bits per heavy atom. The lowest BCUT2D eigenvalue weighted by atomic mass is 10.1. The van der Waals surface area contributed by atoms with Gasteiger partial charge in [-0.3, -0.25) is 9.88 Å². The molecule has 7 aromatic rings. The van der Waals surface area contributed by atoms with Crippen molar-refractivity contribution in [3.8, 4) is 0 Å². The highest BCUT2D eigenvalue weighted by molar-refractivity contribution is 7.26. The largest absolute Gasteiger partial charge is 0.361 e. The van der Waals surface area contributed by atoms with E-state index in [-0.39, 0.29) is 18.4 Å². The van der Waals surface area contributed by atoms with Crippen LogP contribution in [0.2, 0.25) is 0 Å². The Balaban J connectivity index is 1.15. The lowest BCUT2D eigenvalue weighted by Gasteiger charge is -2.37. The molecule has 2 aliphatic rings. The zero-order valence-electron chi connectivity index (χ0n) is 23.8. The molecule has 2 aromatic heterocycles. The van der Waals surface area contributed by atoms with Crippen LogP contribution >= 0.6 is 11.3 Å². The topological polar surface area (TPSA) is 53.4 Å². The summed E-state index contributed by atoms with van der Waals surface area (Å²) in [5.41, 5.74) is 4.65. The van der Waals surface area contributed by atoms with Crippen molar-refractivity contribution in [2.45, 2.75) is 18.4 Å². The van der Waals surface area contributed by atoms with E-state index in [0.717, 1.165) is 22.8 Å². The molecule has 9 rings (SSSR count). The summed E-state index contributed by atoms with van der Waals surface area (Å²) in [6.07, 6.45) is 6.32. The van der Waals surface area contributed by atoms with Gasteiger partial charge in [-0.1, -0.05) is 121 Å². The molecule has 2 aliphatic heterocycles. The van der Waals surface area contributed by atoms with Gasteiger partial charge in [0, 0.05) is 31.8 Å². The van der Waals surface area contributed by atoms with Crippen molar-refractivity contribution < 1.29 is 0 Å². The predicted octanol–water partition coefficient (Wildman–Crippen LogP) is 8.15. The molecule has 0 aliphatic carbocycles. The summed E-state index contributed by atoms with van der Waals surface area (Å²) in [6.45, 7) is 0. The Labute approximate surface area is 258 Å². The Hall–Kier alpha value is -5.17. The number of benzene rings is 5. The Bertz CT molecular complexity index is 2280. The van der Waals surface area contributed by atoms with Crippen molar-refractivity contribution in [2.75, 3.05) is 0 Å². The number of thiophene rings is 1. The Kier molecular flexibility index (Phi) is 5.89. The lowest BCUT2D eigenvalue weighted by Crippen LogP contribution is -2.60. The highest BCUT2D eigenvalue weighted by Gasteiger charge is 2.31. The van der Waals surface area contributed by atoms with Crippen molar-refractivity contribution in [1.29, 1.82) is 0 Å². The van der Waals surface area contributed by atoms with E-state index < -0.39 is 0 Å². The molecule has 5 aromatic carbocycles. The van der Waals surface area contributed by atoms with Crippen molar-refractivity contribution in [3.05, 3.63) is 151 Å². The number of allylic oxidation sites excluding steroid dienone is 2. The molecule has 3 unspecified atom stereocenters. The number of aromatic nitrogens is 1. The SMILES string of the molecule is C1=CC(C2NC(c3ccccc3)=NC(c3ccccc3)N2)NC(n2c3ccccc3c3ccc4c5ccccc5sc4c32)=C1.